The normalized spacial score (nSPS) is 12.9. The fourth-order valence-corrected chi connectivity index (χ4v) is 6.57. The Kier molecular flexibility index (Phi) is 8.42. The van der Waals surface area contributed by atoms with Crippen LogP contribution in [0.5, 0.6) is 0 Å². The van der Waals surface area contributed by atoms with Crippen LogP contribution < -0.4 is 11.1 Å². The number of aryl methyl sites for hydroxylation is 1. The van der Waals surface area contributed by atoms with Crippen LogP contribution in [0.4, 0.5) is 0 Å². The van der Waals surface area contributed by atoms with Crippen LogP contribution in [-0.2, 0) is 33.1 Å². The van der Waals surface area contributed by atoms with Gasteiger partial charge in [0.2, 0.25) is 0 Å². The third-order valence-electron chi connectivity index (χ3n) is 8.74. The molecule has 0 spiro atoms. The van der Waals surface area contributed by atoms with Gasteiger partial charge in [-0.2, -0.15) is 0 Å². The van der Waals surface area contributed by atoms with E-state index in [0.717, 1.165) is 73.7 Å². The lowest BCUT2D eigenvalue weighted by atomic mass is 10.00. The predicted octanol–water partition coefficient (Wildman–Crippen LogP) is 6.95. The number of carbonyl (C=O) groups excluding carboxylic acids is 1. The molecule has 3 N–H and O–H groups in total. The maximum atomic E-state index is 13.9. The number of aromatic nitrogens is 2. The second-order valence-electron chi connectivity index (χ2n) is 11.8. The van der Waals surface area contributed by atoms with Gasteiger partial charge in [0.25, 0.3) is 5.91 Å². The van der Waals surface area contributed by atoms with Crippen LogP contribution in [-0.4, -0.2) is 33.4 Å². The molecular formula is C39H34BrN5O. The van der Waals surface area contributed by atoms with Crippen molar-refractivity contribution in [3.05, 3.63) is 135 Å². The van der Waals surface area contributed by atoms with Crippen molar-refractivity contribution in [2.75, 3.05) is 13.1 Å². The van der Waals surface area contributed by atoms with Gasteiger partial charge in [-0.25, -0.2) is 4.98 Å². The van der Waals surface area contributed by atoms with E-state index in [1.807, 2.05) is 61.6 Å². The molecule has 7 heteroatoms. The molecule has 1 amide bonds. The van der Waals surface area contributed by atoms with Crippen molar-refractivity contribution in [1.29, 1.82) is 0 Å². The number of halogens is 1. The van der Waals surface area contributed by atoms with Crippen LogP contribution in [0.1, 0.15) is 38.2 Å². The zero-order valence-corrected chi connectivity index (χ0v) is 27.3. The fraction of sp³-hybridized carbons (Fsp3) is 0.179. The van der Waals surface area contributed by atoms with Crippen molar-refractivity contribution in [3.8, 4) is 23.1 Å². The number of nitrogens with zero attached hydrogens (tertiary/aromatic N) is 3. The molecular weight excluding hydrogens is 634 g/mol. The molecule has 1 aliphatic heterocycles. The van der Waals surface area contributed by atoms with Crippen molar-refractivity contribution in [1.82, 2.24) is 19.8 Å². The molecule has 2 aromatic heterocycles. The summed E-state index contributed by atoms with van der Waals surface area (Å²) in [4.78, 5) is 21.3. The molecule has 46 heavy (non-hydrogen) atoms. The molecule has 6 aromatic rings. The van der Waals surface area contributed by atoms with E-state index in [4.69, 9.17) is 10.7 Å². The molecule has 0 aliphatic carbocycles. The Balaban J connectivity index is 1.22. The molecule has 6 nitrogen and oxygen atoms in total. The van der Waals surface area contributed by atoms with Crippen LogP contribution in [0.2, 0.25) is 0 Å². The summed E-state index contributed by atoms with van der Waals surface area (Å²) in [5, 5.41) is 4.98. The van der Waals surface area contributed by atoms with Gasteiger partial charge in [-0.1, -0.05) is 76.3 Å². The minimum Gasteiger partial charge on any atom is -0.350 e. The molecule has 228 valence electrons. The molecule has 4 aromatic carbocycles. The minimum absolute atomic E-state index is 0.157. The van der Waals surface area contributed by atoms with E-state index < -0.39 is 0 Å². The number of carbonyl (C=O) groups is 1. The molecule has 0 saturated carbocycles. The van der Waals surface area contributed by atoms with Crippen LogP contribution in [0, 0.1) is 11.8 Å². The Labute approximate surface area is 277 Å². The van der Waals surface area contributed by atoms with Gasteiger partial charge < -0.3 is 15.6 Å². The summed E-state index contributed by atoms with van der Waals surface area (Å²) in [6.45, 7) is 3.50. The molecule has 0 saturated heterocycles. The van der Waals surface area contributed by atoms with Gasteiger partial charge in [0.15, 0.2) is 0 Å². The number of hydrogen-bond donors (Lipinski definition) is 2. The molecule has 3 heterocycles. The number of benzene rings is 4. The van der Waals surface area contributed by atoms with Crippen molar-refractivity contribution < 1.29 is 4.79 Å². The number of hydrogen-bond acceptors (Lipinski definition) is 4. The van der Waals surface area contributed by atoms with E-state index in [2.05, 4.69) is 85.1 Å². The number of rotatable bonds is 6. The lowest BCUT2D eigenvalue weighted by molar-refractivity contribution is 0.0952. The molecule has 1 aliphatic rings. The van der Waals surface area contributed by atoms with Crippen LogP contribution in [0.15, 0.2) is 102 Å². The maximum absolute atomic E-state index is 13.9. The largest absolute Gasteiger partial charge is 0.350 e. The highest BCUT2D eigenvalue weighted by Crippen LogP contribution is 2.33. The molecule has 0 atom stereocenters. The average Bonchev–Trinajstić information content (AvgIpc) is 3.41. The number of nitrogens with one attached hydrogen (secondary N) is 1. The summed E-state index contributed by atoms with van der Waals surface area (Å²) in [6, 6.07) is 30.7. The van der Waals surface area contributed by atoms with Crippen molar-refractivity contribution in [2.45, 2.75) is 26.1 Å². The lowest BCUT2D eigenvalue weighted by Crippen LogP contribution is -2.30. The van der Waals surface area contributed by atoms with Crippen molar-refractivity contribution in [2.24, 2.45) is 12.8 Å². The molecule has 7 rings (SSSR count). The van der Waals surface area contributed by atoms with Crippen LogP contribution in [0.3, 0.4) is 0 Å². The monoisotopic (exact) mass is 667 g/mol. The molecule has 0 fully saturated rings. The Bertz CT molecular complexity index is 2160. The summed E-state index contributed by atoms with van der Waals surface area (Å²) in [5.74, 6) is 6.57. The van der Waals surface area contributed by atoms with Gasteiger partial charge in [-0.05, 0) is 71.1 Å². The predicted molar refractivity (Wildman–Crippen MR) is 189 cm³/mol. The zero-order valence-electron chi connectivity index (χ0n) is 25.7. The minimum atomic E-state index is -0.157. The van der Waals surface area contributed by atoms with Gasteiger partial charge in [-0.15, -0.1) is 0 Å². The number of fused-ring (bicyclic) bond motifs is 3. The fourth-order valence-electron chi connectivity index (χ4n) is 6.21. The summed E-state index contributed by atoms with van der Waals surface area (Å²) < 4.78 is 3.08. The van der Waals surface area contributed by atoms with E-state index in [1.165, 1.54) is 11.1 Å². The summed E-state index contributed by atoms with van der Waals surface area (Å²) in [7, 11) is 2.03. The van der Waals surface area contributed by atoms with Gasteiger partial charge in [0, 0.05) is 71.3 Å². The first-order valence-corrected chi connectivity index (χ1v) is 16.3. The van der Waals surface area contributed by atoms with E-state index in [1.54, 1.807) is 0 Å². The highest BCUT2D eigenvalue weighted by Gasteiger charge is 2.18. The number of amides is 1. The van der Waals surface area contributed by atoms with E-state index in [9.17, 15) is 4.79 Å². The van der Waals surface area contributed by atoms with E-state index >= 15 is 0 Å². The quantitative estimate of drug-likeness (QED) is 0.189. The molecule has 0 radical (unpaired) electrons. The molecule has 0 bridgehead atoms. The highest BCUT2D eigenvalue weighted by molar-refractivity contribution is 9.10. The van der Waals surface area contributed by atoms with Crippen LogP contribution in [0.25, 0.3) is 33.1 Å². The van der Waals surface area contributed by atoms with Crippen molar-refractivity contribution >= 4 is 43.6 Å². The second-order valence-corrected chi connectivity index (χ2v) is 12.8. The summed E-state index contributed by atoms with van der Waals surface area (Å²) in [5.41, 5.74) is 15.6. The second kappa shape index (κ2) is 12.9. The smallest absolute Gasteiger partial charge is 0.252 e. The Hall–Kier alpha value is -4.74. The van der Waals surface area contributed by atoms with Crippen molar-refractivity contribution in [3.63, 3.8) is 0 Å². The van der Waals surface area contributed by atoms with Crippen LogP contribution >= 0.6 is 15.9 Å². The number of pyridine rings is 1. The maximum Gasteiger partial charge on any atom is 0.252 e. The molecule has 0 unspecified atom stereocenters. The summed E-state index contributed by atoms with van der Waals surface area (Å²) in [6.07, 6.45) is 3.12. The van der Waals surface area contributed by atoms with Gasteiger partial charge in [-0.3, -0.25) is 9.69 Å². The van der Waals surface area contributed by atoms with Gasteiger partial charge >= 0.3 is 0 Å². The first-order chi connectivity index (χ1) is 22.4. The first kappa shape index (κ1) is 29.9. The summed E-state index contributed by atoms with van der Waals surface area (Å²) >= 11 is 3.62. The average molecular weight is 669 g/mol. The Morgan fingerprint density at radius 2 is 1.76 bits per heavy atom. The first-order valence-electron chi connectivity index (χ1n) is 15.5. The van der Waals surface area contributed by atoms with Gasteiger partial charge in [0.05, 0.1) is 23.3 Å². The third-order valence-corrected chi connectivity index (χ3v) is 9.23. The Morgan fingerprint density at radius 1 is 0.957 bits per heavy atom. The highest BCUT2D eigenvalue weighted by atomic mass is 79.9. The van der Waals surface area contributed by atoms with Gasteiger partial charge in [0.1, 0.15) is 0 Å². The standard InChI is InChI=1S/C39H34BrN5O/c1-44-25-35(33-20-31(40)13-15-38(33)44)37-21-34(39(46)42-23-28-10-8-27(22-41)9-11-28)32-19-26(12-14-36(32)43-37)5-4-17-45-18-16-29-6-2-3-7-30(29)24-45/h2-3,6-15,19-21,25H,16-18,22-24,41H2,1H3,(H,42,46). The lowest BCUT2D eigenvalue weighted by Gasteiger charge is -2.26. The topological polar surface area (TPSA) is 76.2 Å². The Morgan fingerprint density at radius 3 is 2.59 bits per heavy atom. The zero-order chi connectivity index (χ0) is 31.6. The SMILES string of the molecule is Cn1cc(-c2cc(C(=O)NCc3ccc(CN)cc3)c3cc(C#CCN4CCc5ccccc5C4)ccc3n2)c2cc(Br)ccc21. The third kappa shape index (κ3) is 6.20. The van der Waals surface area contributed by atoms with E-state index in [0.29, 0.717) is 25.2 Å². The number of nitrogens with two attached hydrogens (primary N) is 1. The van der Waals surface area contributed by atoms with E-state index in [-0.39, 0.29) is 5.91 Å².